The van der Waals surface area contributed by atoms with Gasteiger partial charge in [-0.2, -0.15) is 5.26 Å². The quantitative estimate of drug-likeness (QED) is 0.280. The van der Waals surface area contributed by atoms with Crippen molar-refractivity contribution in [2.75, 3.05) is 18.5 Å². The second kappa shape index (κ2) is 11.3. The van der Waals surface area contributed by atoms with Gasteiger partial charge in [0.2, 0.25) is 0 Å². The fourth-order valence-corrected chi connectivity index (χ4v) is 4.73. The first-order chi connectivity index (χ1) is 18.9. The number of anilines is 1. The Morgan fingerprint density at radius 2 is 1.74 bits per heavy atom. The summed E-state index contributed by atoms with van der Waals surface area (Å²) in [4.78, 5) is 37.3. The van der Waals surface area contributed by atoms with E-state index in [1.807, 2.05) is 36.4 Å². The standard InChI is InChI=1S/C30H25N3O6/c31-17-19-1-8-25(23(15-19)30(36)37)32-29(35)28-24-16-22(7-10-27(24)39-33-28)20-3-5-21(6-4-20)26(34)9-2-18-11-13-38-14-12-18/h1,3-8,10,15-16,18H,2,9,11-14H2,(H,32,35)(H,36,37). The van der Waals surface area contributed by atoms with Crippen LogP contribution < -0.4 is 5.32 Å². The lowest BCUT2D eigenvalue weighted by Crippen LogP contribution is -2.16. The van der Waals surface area contributed by atoms with E-state index in [4.69, 9.17) is 14.5 Å². The highest BCUT2D eigenvalue weighted by atomic mass is 16.5. The Labute approximate surface area is 224 Å². The van der Waals surface area contributed by atoms with Crippen molar-refractivity contribution in [2.45, 2.75) is 25.7 Å². The molecule has 5 rings (SSSR count). The van der Waals surface area contributed by atoms with Crippen LogP contribution in [0.3, 0.4) is 0 Å². The molecule has 0 saturated carbocycles. The van der Waals surface area contributed by atoms with Crippen molar-refractivity contribution in [3.05, 3.63) is 83.0 Å². The maximum absolute atomic E-state index is 13.0. The molecule has 0 radical (unpaired) electrons. The molecule has 2 N–H and O–H groups in total. The number of carbonyl (C=O) groups excluding carboxylic acids is 2. The molecule has 39 heavy (non-hydrogen) atoms. The van der Waals surface area contributed by atoms with E-state index in [0.717, 1.165) is 43.6 Å². The van der Waals surface area contributed by atoms with Crippen molar-refractivity contribution in [1.29, 1.82) is 5.26 Å². The molecule has 2 heterocycles. The number of Topliss-reactive ketones (excluding diaryl/α,β-unsaturated/α-hetero) is 1. The van der Waals surface area contributed by atoms with Crippen LogP contribution in [0.15, 0.2) is 65.2 Å². The zero-order chi connectivity index (χ0) is 27.4. The largest absolute Gasteiger partial charge is 0.478 e. The number of carbonyl (C=O) groups is 3. The van der Waals surface area contributed by atoms with Crippen LogP contribution in [-0.2, 0) is 4.74 Å². The number of aromatic carboxylic acids is 1. The summed E-state index contributed by atoms with van der Waals surface area (Å²) >= 11 is 0. The molecule has 4 aromatic rings. The molecule has 1 amide bonds. The number of ether oxygens (including phenoxy) is 1. The number of nitrogens with one attached hydrogen (secondary N) is 1. The summed E-state index contributed by atoms with van der Waals surface area (Å²) in [5, 5.41) is 25.4. The zero-order valence-electron chi connectivity index (χ0n) is 21.0. The molecule has 1 saturated heterocycles. The summed E-state index contributed by atoms with van der Waals surface area (Å²) in [6.45, 7) is 1.54. The summed E-state index contributed by atoms with van der Waals surface area (Å²) in [5.41, 5.74) is 2.68. The molecule has 3 aromatic carbocycles. The van der Waals surface area contributed by atoms with Gasteiger partial charge in [0.25, 0.3) is 5.91 Å². The molecule has 1 aromatic heterocycles. The van der Waals surface area contributed by atoms with Gasteiger partial charge in [-0.25, -0.2) is 4.79 Å². The Morgan fingerprint density at radius 1 is 1.00 bits per heavy atom. The molecule has 1 aliphatic heterocycles. The molecular weight excluding hydrogens is 498 g/mol. The third kappa shape index (κ3) is 5.71. The number of hydrogen-bond acceptors (Lipinski definition) is 7. The molecule has 1 aliphatic rings. The number of nitrogens with zero attached hydrogens (tertiary/aromatic N) is 2. The predicted molar refractivity (Wildman–Crippen MR) is 143 cm³/mol. The number of amides is 1. The lowest BCUT2D eigenvalue weighted by atomic mass is 9.92. The van der Waals surface area contributed by atoms with Crippen molar-refractivity contribution in [3.63, 3.8) is 0 Å². The minimum absolute atomic E-state index is 0.00698. The molecule has 196 valence electrons. The molecule has 0 spiro atoms. The monoisotopic (exact) mass is 523 g/mol. The van der Waals surface area contributed by atoms with Gasteiger partial charge in [0.05, 0.1) is 28.3 Å². The van der Waals surface area contributed by atoms with E-state index in [1.54, 1.807) is 12.1 Å². The number of hydrogen-bond donors (Lipinski definition) is 2. The highest BCUT2D eigenvalue weighted by molar-refractivity contribution is 6.13. The Hall–Kier alpha value is -4.81. The Bertz CT molecular complexity index is 1590. The predicted octanol–water partition coefficient (Wildman–Crippen LogP) is 5.71. The summed E-state index contributed by atoms with van der Waals surface area (Å²) in [6, 6.07) is 18.5. The van der Waals surface area contributed by atoms with Crippen LogP contribution in [0.2, 0.25) is 0 Å². The SMILES string of the molecule is N#Cc1ccc(NC(=O)c2noc3ccc(-c4ccc(C(=O)CCC5CCOCC5)cc4)cc23)c(C(=O)O)c1. The van der Waals surface area contributed by atoms with Crippen molar-refractivity contribution >= 4 is 34.3 Å². The molecular formula is C30H25N3O6. The van der Waals surface area contributed by atoms with E-state index in [9.17, 15) is 19.5 Å². The van der Waals surface area contributed by atoms with Gasteiger partial charge in [-0.1, -0.05) is 35.5 Å². The number of aromatic nitrogens is 1. The second-order valence-corrected chi connectivity index (χ2v) is 9.47. The maximum Gasteiger partial charge on any atom is 0.337 e. The molecule has 0 aliphatic carbocycles. The molecule has 9 heteroatoms. The van der Waals surface area contributed by atoms with Gasteiger partial charge in [0.15, 0.2) is 17.1 Å². The highest BCUT2D eigenvalue weighted by Gasteiger charge is 2.21. The fraction of sp³-hybridized carbons (Fsp3) is 0.233. The van der Waals surface area contributed by atoms with Gasteiger partial charge in [-0.15, -0.1) is 0 Å². The Balaban J connectivity index is 1.33. The molecule has 0 unspecified atom stereocenters. The second-order valence-electron chi connectivity index (χ2n) is 9.47. The van der Waals surface area contributed by atoms with E-state index in [2.05, 4.69) is 10.5 Å². The fourth-order valence-electron chi connectivity index (χ4n) is 4.73. The number of fused-ring (bicyclic) bond motifs is 1. The highest BCUT2D eigenvalue weighted by Crippen LogP contribution is 2.29. The molecule has 9 nitrogen and oxygen atoms in total. The van der Waals surface area contributed by atoms with Crippen LogP contribution in [0.1, 0.15) is 62.5 Å². The summed E-state index contributed by atoms with van der Waals surface area (Å²) < 4.78 is 10.7. The number of carboxylic acid groups (broad SMARTS) is 1. The maximum atomic E-state index is 13.0. The topological polar surface area (TPSA) is 143 Å². The van der Waals surface area contributed by atoms with Gasteiger partial charge in [-0.3, -0.25) is 9.59 Å². The minimum atomic E-state index is -1.28. The lowest BCUT2D eigenvalue weighted by Gasteiger charge is -2.21. The first-order valence-corrected chi connectivity index (χ1v) is 12.6. The lowest BCUT2D eigenvalue weighted by molar-refractivity contribution is 0.0619. The van der Waals surface area contributed by atoms with Crippen LogP contribution in [0.4, 0.5) is 5.69 Å². The number of rotatable bonds is 8. The smallest absolute Gasteiger partial charge is 0.337 e. The number of nitriles is 1. The zero-order valence-corrected chi connectivity index (χ0v) is 21.0. The Morgan fingerprint density at radius 3 is 2.46 bits per heavy atom. The van der Waals surface area contributed by atoms with Crippen molar-refractivity contribution in [3.8, 4) is 17.2 Å². The van der Waals surface area contributed by atoms with E-state index in [0.29, 0.717) is 28.9 Å². The van der Waals surface area contributed by atoms with E-state index < -0.39 is 11.9 Å². The third-order valence-electron chi connectivity index (χ3n) is 6.97. The first-order valence-electron chi connectivity index (χ1n) is 12.6. The summed E-state index contributed by atoms with van der Waals surface area (Å²) in [7, 11) is 0. The van der Waals surface area contributed by atoms with Crippen molar-refractivity contribution in [2.24, 2.45) is 5.92 Å². The molecule has 1 fully saturated rings. The third-order valence-corrected chi connectivity index (χ3v) is 6.97. The van der Waals surface area contributed by atoms with E-state index in [1.165, 1.54) is 18.2 Å². The van der Waals surface area contributed by atoms with E-state index >= 15 is 0 Å². The number of benzene rings is 3. The first kappa shape index (κ1) is 25.8. The summed E-state index contributed by atoms with van der Waals surface area (Å²) in [5.74, 6) is -1.27. The average Bonchev–Trinajstić information content (AvgIpc) is 3.40. The van der Waals surface area contributed by atoms with Crippen LogP contribution in [0, 0.1) is 17.2 Å². The molecule has 0 bridgehead atoms. The number of carboxylic acids is 1. The van der Waals surface area contributed by atoms with Crippen molar-refractivity contribution in [1.82, 2.24) is 5.16 Å². The van der Waals surface area contributed by atoms with Crippen LogP contribution >= 0.6 is 0 Å². The van der Waals surface area contributed by atoms with Gasteiger partial charge in [0.1, 0.15) is 0 Å². The average molecular weight is 524 g/mol. The molecule has 0 atom stereocenters. The van der Waals surface area contributed by atoms with Gasteiger partial charge in [-0.05, 0) is 66.6 Å². The van der Waals surface area contributed by atoms with Crippen LogP contribution in [0.5, 0.6) is 0 Å². The summed E-state index contributed by atoms with van der Waals surface area (Å²) in [6.07, 6.45) is 3.39. The number of ketones is 1. The van der Waals surface area contributed by atoms with Crippen LogP contribution in [-0.4, -0.2) is 41.1 Å². The van der Waals surface area contributed by atoms with Crippen LogP contribution in [0.25, 0.3) is 22.1 Å². The Kier molecular flexibility index (Phi) is 7.48. The minimum Gasteiger partial charge on any atom is -0.478 e. The van der Waals surface area contributed by atoms with Gasteiger partial charge < -0.3 is 19.7 Å². The van der Waals surface area contributed by atoms with Gasteiger partial charge in [0, 0.05) is 25.2 Å². The van der Waals surface area contributed by atoms with Gasteiger partial charge >= 0.3 is 5.97 Å². The van der Waals surface area contributed by atoms with E-state index in [-0.39, 0.29) is 28.3 Å². The van der Waals surface area contributed by atoms with Crippen molar-refractivity contribution < 1.29 is 28.8 Å². The normalized spacial score (nSPS) is 13.6.